The van der Waals surface area contributed by atoms with Crippen LogP contribution in [0.3, 0.4) is 0 Å². The fourth-order valence-electron chi connectivity index (χ4n) is 2.54. The minimum Gasteiger partial charge on any atom is -0.486 e. The zero-order valence-electron chi connectivity index (χ0n) is 11.7. The summed E-state index contributed by atoms with van der Waals surface area (Å²) in [5, 5.41) is 3.31. The lowest BCUT2D eigenvalue weighted by Crippen LogP contribution is -2.40. The molecule has 0 saturated carbocycles. The fraction of sp³-hybridized carbons (Fsp3) is 0.312. The number of hydrogen-bond donors (Lipinski definition) is 1. The molecule has 4 nitrogen and oxygen atoms in total. The normalized spacial score (nSPS) is 18.6. The molecule has 20 heavy (non-hydrogen) atoms. The van der Waals surface area contributed by atoms with Crippen LogP contribution in [0.25, 0.3) is 0 Å². The van der Waals surface area contributed by atoms with Crippen LogP contribution in [0.2, 0.25) is 0 Å². The summed E-state index contributed by atoms with van der Waals surface area (Å²) in [6.07, 6.45) is 3.62. The quantitative estimate of drug-likeness (QED) is 0.930. The van der Waals surface area contributed by atoms with E-state index >= 15 is 0 Å². The van der Waals surface area contributed by atoms with E-state index in [-0.39, 0.29) is 12.1 Å². The first-order valence-electron chi connectivity index (χ1n) is 6.76. The molecule has 0 radical (unpaired) electrons. The summed E-state index contributed by atoms with van der Waals surface area (Å²) in [4.78, 5) is 4.22. The predicted octanol–water partition coefficient (Wildman–Crippen LogP) is 2.49. The van der Waals surface area contributed by atoms with Crippen LogP contribution in [0.1, 0.15) is 17.2 Å². The van der Waals surface area contributed by atoms with E-state index in [2.05, 4.69) is 17.2 Å². The molecule has 2 heterocycles. The lowest BCUT2D eigenvalue weighted by molar-refractivity contribution is 0.0636. The van der Waals surface area contributed by atoms with E-state index in [1.165, 1.54) is 5.56 Å². The Hall–Kier alpha value is -2.07. The minimum atomic E-state index is -0.0715. The van der Waals surface area contributed by atoms with Crippen molar-refractivity contribution >= 4 is 0 Å². The Balaban J connectivity index is 1.87. The van der Waals surface area contributed by atoms with Crippen molar-refractivity contribution in [2.45, 2.75) is 19.1 Å². The predicted molar refractivity (Wildman–Crippen MR) is 77.1 cm³/mol. The number of hydrogen-bond acceptors (Lipinski definition) is 4. The summed E-state index contributed by atoms with van der Waals surface area (Å²) >= 11 is 0. The molecule has 0 saturated heterocycles. The van der Waals surface area contributed by atoms with Crippen LogP contribution in [0.5, 0.6) is 11.5 Å². The van der Waals surface area contributed by atoms with Crippen molar-refractivity contribution in [3.8, 4) is 11.5 Å². The minimum absolute atomic E-state index is 0.0528. The second kappa shape index (κ2) is 5.51. The molecule has 1 N–H and O–H groups in total. The first-order valence-corrected chi connectivity index (χ1v) is 6.76. The second-order valence-electron chi connectivity index (χ2n) is 4.91. The van der Waals surface area contributed by atoms with Crippen molar-refractivity contribution in [2.75, 3.05) is 13.7 Å². The number of ether oxygens (including phenoxy) is 2. The SMILES string of the molecule is CNC(c1cnccc1C)C1COc2ccccc2O1. The van der Waals surface area contributed by atoms with Gasteiger partial charge in [0, 0.05) is 12.4 Å². The first kappa shape index (κ1) is 12.9. The third-order valence-corrected chi connectivity index (χ3v) is 3.63. The lowest BCUT2D eigenvalue weighted by Gasteiger charge is -2.32. The van der Waals surface area contributed by atoms with E-state index in [0.29, 0.717) is 6.61 Å². The highest BCUT2D eigenvalue weighted by Gasteiger charge is 2.29. The zero-order chi connectivity index (χ0) is 13.9. The van der Waals surface area contributed by atoms with Crippen LogP contribution >= 0.6 is 0 Å². The molecule has 104 valence electrons. The summed E-state index contributed by atoms with van der Waals surface area (Å²) in [7, 11) is 1.93. The van der Waals surface area contributed by atoms with Gasteiger partial charge in [-0.2, -0.15) is 0 Å². The van der Waals surface area contributed by atoms with Crippen LogP contribution < -0.4 is 14.8 Å². The van der Waals surface area contributed by atoms with Gasteiger partial charge < -0.3 is 14.8 Å². The number of para-hydroxylation sites is 2. The Morgan fingerprint density at radius 2 is 2.05 bits per heavy atom. The molecular formula is C16H18N2O2. The highest BCUT2D eigenvalue weighted by Crippen LogP contribution is 2.34. The average molecular weight is 270 g/mol. The molecule has 2 aromatic rings. The lowest BCUT2D eigenvalue weighted by atomic mass is 9.99. The Morgan fingerprint density at radius 1 is 1.25 bits per heavy atom. The van der Waals surface area contributed by atoms with Gasteiger partial charge in [-0.25, -0.2) is 0 Å². The Morgan fingerprint density at radius 3 is 2.80 bits per heavy atom. The van der Waals surface area contributed by atoms with E-state index in [9.17, 15) is 0 Å². The van der Waals surface area contributed by atoms with Gasteiger partial charge in [0.25, 0.3) is 0 Å². The van der Waals surface area contributed by atoms with Crippen LogP contribution in [0, 0.1) is 6.92 Å². The smallest absolute Gasteiger partial charge is 0.161 e. The van der Waals surface area contributed by atoms with Crippen molar-refractivity contribution < 1.29 is 9.47 Å². The zero-order valence-corrected chi connectivity index (χ0v) is 11.7. The molecular weight excluding hydrogens is 252 g/mol. The Bertz CT molecular complexity index is 601. The molecule has 0 aliphatic carbocycles. The van der Waals surface area contributed by atoms with Gasteiger partial charge in [0.05, 0.1) is 6.04 Å². The second-order valence-corrected chi connectivity index (χ2v) is 4.91. The van der Waals surface area contributed by atoms with E-state index < -0.39 is 0 Å². The molecule has 1 aromatic heterocycles. The first-order chi connectivity index (χ1) is 9.79. The highest BCUT2D eigenvalue weighted by atomic mass is 16.6. The summed E-state index contributed by atoms with van der Waals surface area (Å²) in [6.45, 7) is 2.61. The molecule has 0 spiro atoms. The number of benzene rings is 1. The number of aryl methyl sites for hydroxylation is 1. The van der Waals surface area contributed by atoms with Crippen molar-refractivity contribution in [1.82, 2.24) is 10.3 Å². The topological polar surface area (TPSA) is 43.4 Å². The van der Waals surface area contributed by atoms with Gasteiger partial charge in [-0.05, 0) is 43.3 Å². The molecule has 0 amide bonds. The number of nitrogens with zero attached hydrogens (tertiary/aromatic N) is 1. The molecule has 4 heteroatoms. The molecule has 1 aliphatic heterocycles. The van der Waals surface area contributed by atoms with Crippen molar-refractivity contribution in [2.24, 2.45) is 0 Å². The molecule has 0 bridgehead atoms. The van der Waals surface area contributed by atoms with Gasteiger partial charge in [0.15, 0.2) is 17.6 Å². The van der Waals surface area contributed by atoms with Gasteiger partial charge in [-0.1, -0.05) is 12.1 Å². The number of fused-ring (bicyclic) bond motifs is 1. The van der Waals surface area contributed by atoms with Gasteiger partial charge in [-0.15, -0.1) is 0 Å². The Kier molecular flexibility index (Phi) is 3.56. The van der Waals surface area contributed by atoms with Gasteiger partial charge in [0.1, 0.15) is 6.61 Å². The molecule has 3 rings (SSSR count). The molecule has 2 atom stereocenters. The summed E-state index contributed by atoms with van der Waals surface area (Å²) in [5.74, 6) is 1.60. The number of aromatic nitrogens is 1. The monoisotopic (exact) mass is 270 g/mol. The summed E-state index contributed by atoms with van der Waals surface area (Å²) in [5.41, 5.74) is 2.34. The van der Waals surface area contributed by atoms with E-state index in [1.807, 2.05) is 43.6 Å². The molecule has 2 unspecified atom stereocenters. The Labute approximate surface area is 118 Å². The van der Waals surface area contributed by atoms with Crippen molar-refractivity contribution in [3.05, 3.63) is 53.9 Å². The van der Waals surface area contributed by atoms with Crippen LogP contribution in [-0.2, 0) is 0 Å². The number of rotatable bonds is 3. The number of pyridine rings is 1. The van der Waals surface area contributed by atoms with Crippen LogP contribution in [0.4, 0.5) is 0 Å². The maximum atomic E-state index is 6.08. The maximum Gasteiger partial charge on any atom is 0.161 e. The fourth-order valence-corrected chi connectivity index (χ4v) is 2.54. The van der Waals surface area contributed by atoms with Crippen LogP contribution in [-0.4, -0.2) is 24.7 Å². The van der Waals surface area contributed by atoms with Gasteiger partial charge >= 0.3 is 0 Å². The summed E-state index contributed by atoms with van der Waals surface area (Å²) in [6, 6.07) is 9.83. The van der Waals surface area contributed by atoms with Crippen molar-refractivity contribution in [1.29, 1.82) is 0 Å². The molecule has 0 fully saturated rings. The van der Waals surface area contributed by atoms with E-state index in [1.54, 1.807) is 6.20 Å². The largest absolute Gasteiger partial charge is 0.486 e. The van der Waals surface area contributed by atoms with Crippen LogP contribution in [0.15, 0.2) is 42.7 Å². The summed E-state index contributed by atoms with van der Waals surface area (Å²) < 4.78 is 11.9. The molecule has 1 aromatic carbocycles. The third kappa shape index (κ3) is 2.34. The third-order valence-electron chi connectivity index (χ3n) is 3.63. The van der Waals surface area contributed by atoms with Gasteiger partial charge in [-0.3, -0.25) is 4.98 Å². The van der Waals surface area contributed by atoms with Crippen molar-refractivity contribution in [3.63, 3.8) is 0 Å². The molecule has 1 aliphatic rings. The van der Waals surface area contributed by atoms with E-state index in [0.717, 1.165) is 17.1 Å². The highest BCUT2D eigenvalue weighted by molar-refractivity contribution is 5.41. The maximum absolute atomic E-state index is 6.08. The number of likely N-dealkylation sites (N-methyl/N-ethyl adjacent to an activating group) is 1. The standard InChI is InChI=1S/C16H18N2O2/c1-11-7-8-18-9-12(11)16(17-2)15-10-19-13-5-3-4-6-14(13)20-15/h3-9,15-17H,10H2,1-2H3. The average Bonchev–Trinajstić information content (AvgIpc) is 2.50. The van der Waals surface area contributed by atoms with E-state index in [4.69, 9.17) is 9.47 Å². The number of nitrogens with one attached hydrogen (secondary N) is 1. The van der Waals surface area contributed by atoms with Gasteiger partial charge in [0.2, 0.25) is 0 Å².